The van der Waals surface area contributed by atoms with Crippen molar-refractivity contribution in [3.05, 3.63) is 77.1 Å². The lowest BCUT2D eigenvalue weighted by Gasteiger charge is -2.28. The molecule has 2 heterocycles. The number of hydrogen-bond acceptors (Lipinski definition) is 5. The van der Waals surface area contributed by atoms with E-state index in [-0.39, 0.29) is 30.7 Å². The molecule has 0 bridgehead atoms. The number of carbonyl (C=O) groups excluding carboxylic acids is 3. The van der Waals surface area contributed by atoms with Crippen molar-refractivity contribution < 1.29 is 19.1 Å². The van der Waals surface area contributed by atoms with Gasteiger partial charge in [0, 0.05) is 36.7 Å². The Bertz CT molecular complexity index is 1170. The molecule has 1 aliphatic heterocycles. The number of nitrogens with one attached hydrogen (secondary N) is 1. The summed E-state index contributed by atoms with van der Waals surface area (Å²) in [5.41, 5.74) is 3.70. The lowest BCUT2D eigenvalue weighted by Crippen LogP contribution is -2.36. The Labute approximate surface area is 185 Å². The molecule has 0 saturated heterocycles. The average molecular weight is 432 g/mol. The Kier molecular flexibility index (Phi) is 6.02. The topological polar surface area (TPSA) is 93.5 Å². The van der Waals surface area contributed by atoms with Crippen LogP contribution in [0.25, 0.3) is 5.69 Å². The maximum Gasteiger partial charge on any atom is 0.359 e. The van der Waals surface area contributed by atoms with Crippen molar-refractivity contribution in [3.8, 4) is 5.69 Å². The van der Waals surface area contributed by atoms with Crippen LogP contribution >= 0.6 is 0 Å². The van der Waals surface area contributed by atoms with E-state index in [1.54, 1.807) is 40.8 Å². The molecule has 8 heteroatoms. The maximum atomic E-state index is 13.2. The molecule has 1 N–H and O–H groups in total. The molecule has 32 heavy (non-hydrogen) atoms. The number of amides is 2. The number of rotatable bonds is 5. The first-order valence-corrected chi connectivity index (χ1v) is 10.5. The molecular formula is C24H24N4O4. The number of hydrogen-bond donors (Lipinski definition) is 1. The Balaban J connectivity index is 1.67. The van der Waals surface area contributed by atoms with Gasteiger partial charge < -0.3 is 15.0 Å². The van der Waals surface area contributed by atoms with Crippen LogP contribution in [0.15, 0.2) is 54.6 Å². The van der Waals surface area contributed by atoms with Crippen LogP contribution in [-0.4, -0.2) is 45.6 Å². The Hall–Kier alpha value is -3.94. The standard InChI is InChI=1S/C24H24N4O4/c1-3-32-24(31)22-20-15-27(23(30)17-8-7-9-18(14-17)25-16(2)29)13-12-21(20)28(26-22)19-10-5-4-6-11-19/h4-11,14H,3,12-13,15H2,1-2H3,(H,25,29). The molecule has 1 aliphatic rings. The second-order valence-electron chi connectivity index (χ2n) is 7.48. The largest absolute Gasteiger partial charge is 0.461 e. The molecule has 0 spiro atoms. The van der Waals surface area contributed by atoms with Crippen LogP contribution in [-0.2, 0) is 22.5 Å². The minimum Gasteiger partial charge on any atom is -0.461 e. The zero-order chi connectivity index (χ0) is 22.7. The van der Waals surface area contributed by atoms with Gasteiger partial charge in [-0.15, -0.1) is 0 Å². The van der Waals surface area contributed by atoms with E-state index in [1.165, 1.54) is 6.92 Å². The number of nitrogens with zero attached hydrogens (tertiary/aromatic N) is 3. The first-order valence-electron chi connectivity index (χ1n) is 10.5. The molecule has 2 amide bonds. The fourth-order valence-electron chi connectivity index (χ4n) is 3.85. The van der Waals surface area contributed by atoms with E-state index >= 15 is 0 Å². The Morgan fingerprint density at radius 3 is 2.59 bits per heavy atom. The van der Waals surface area contributed by atoms with Gasteiger partial charge in [-0.3, -0.25) is 9.59 Å². The highest BCUT2D eigenvalue weighted by Gasteiger charge is 2.31. The molecule has 0 radical (unpaired) electrons. The minimum atomic E-state index is -0.500. The van der Waals surface area contributed by atoms with Crippen molar-refractivity contribution in [1.82, 2.24) is 14.7 Å². The number of esters is 1. The van der Waals surface area contributed by atoms with Crippen molar-refractivity contribution in [3.63, 3.8) is 0 Å². The number of carbonyl (C=O) groups is 3. The van der Waals surface area contributed by atoms with Gasteiger partial charge in [-0.2, -0.15) is 5.10 Å². The molecule has 0 unspecified atom stereocenters. The van der Waals surface area contributed by atoms with Gasteiger partial charge in [0.2, 0.25) is 5.91 Å². The number of benzene rings is 2. The van der Waals surface area contributed by atoms with E-state index in [0.29, 0.717) is 29.8 Å². The number of ether oxygens (including phenoxy) is 1. The van der Waals surface area contributed by atoms with E-state index < -0.39 is 5.97 Å². The smallest absolute Gasteiger partial charge is 0.359 e. The highest BCUT2D eigenvalue weighted by Crippen LogP contribution is 2.27. The zero-order valence-electron chi connectivity index (χ0n) is 18.0. The molecule has 164 valence electrons. The monoisotopic (exact) mass is 432 g/mol. The van der Waals surface area contributed by atoms with E-state index in [4.69, 9.17) is 4.74 Å². The highest BCUT2D eigenvalue weighted by atomic mass is 16.5. The van der Waals surface area contributed by atoms with Gasteiger partial charge in [-0.25, -0.2) is 9.48 Å². The van der Waals surface area contributed by atoms with Crippen LogP contribution in [0.4, 0.5) is 5.69 Å². The highest BCUT2D eigenvalue weighted by molar-refractivity contribution is 5.97. The number of para-hydroxylation sites is 1. The summed E-state index contributed by atoms with van der Waals surface area (Å²) in [6.07, 6.45) is 0.549. The van der Waals surface area contributed by atoms with Crippen LogP contribution in [0.2, 0.25) is 0 Å². The van der Waals surface area contributed by atoms with E-state index in [0.717, 1.165) is 11.4 Å². The maximum absolute atomic E-state index is 13.2. The fourth-order valence-corrected chi connectivity index (χ4v) is 3.85. The summed E-state index contributed by atoms with van der Waals surface area (Å²) in [5, 5.41) is 7.24. The van der Waals surface area contributed by atoms with Crippen LogP contribution in [0, 0.1) is 0 Å². The van der Waals surface area contributed by atoms with Crippen molar-refractivity contribution in [1.29, 1.82) is 0 Å². The molecule has 3 aromatic rings. The quantitative estimate of drug-likeness (QED) is 0.625. The van der Waals surface area contributed by atoms with E-state index in [1.807, 2.05) is 30.3 Å². The summed E-state index contributed by atoms with van der Waals surface area (Å²) in [4.78, 5) is 38.9. The van der Waals surface area contributed by atoms with Crippen molar-refractivity contribution in [2.45, 2.75) is 26.8 Å². The Morgan fingerprint density at radius 2 is 1.88 bits per heavy atom. The summed E-state index contributed by atoms with van der Waals surface area (Å²) in [7, 11) is 0. The van der Waals surface area contributed by atoms with Crippen molar-refractivity contribution in [2.24, 2.45) is 0 Å². The van der Waals surface area contributed by atoms with Crippen LogP contribution in [0.3, 0.4) is 0 Å². The predicted molar refractivity (Wildman–Crippen MR) is 119 cm³/mol. The molecule has 1 aromatic heterocycles. The lowest BCUT2D eigenvalue weighted by atomic mass is 10.0. The van der Waals surface area contributed by atoms with Gasteiger partial charge in [0.05, 0.1) is 24.5 Å². The fraction of sp³-hybridized carbons (Fsp3) is 0.250. The molecule has 0 aliphatic carbocycles. The molecule has 0 atom stereocenters. The van der Waals surface area contributed by atoms with E-state index in [9.17, 15) is 14.4 Å². The van der Waals surface area contributed by atoms with Gasteiger partial charge >= 0.3 is 5.97 Å². The zero-order valence-corrected chi connectivity index (χ0v) is 18.0. The molecule has 0 fully saturated rings. The number of anilines is 1. The third kappa shape index (κ3) is 4.25. The third-order valence-corrected chi connectivity index (χ3v) is 5.24. The lowest BCUT2D eigenvalue weighted by molar-refractivity contribution is -0.114. The summed E-state index contributed by atoms with van der Waals surface area (Å²) in [5.74, 6) is -0.880. The first-order chi connectivity index (χ1) is 15.5. The van der Waals surface area contributed by atoms with E-state index in [2.05, 4.69) is 10.4 Å². The predicted octanol–water partition coefficient (Wildman–Crippen LogP) is 3.21. The summed E-state index contributed by atoms with van der Waals surface area (Å²) in [6.45, 7) is 4.14. The molecule has 8 nitrogen and oxygen atoms in total. The van der Waals surface area contributed by atoms with Gasteiger partial charge in [-0.05, 0) is 37.3 Å². The summed E-state index contributed by atoms with van der Waals surface area (Å²) in [6, 6.07) is 16.4. The summed E-state index contributed by atoms with van der Waals surface area (Å²) >= 11 is 0. The van der Waals surface area contributed by atoms with Crippen LogP contribution < -0.4 is 5.32 Å². The minimum absolute atomic E-state index is 0.176. The molecular weight excluding hydrogens is 408 g/mol. The number of aromatic nitrogens is 2. The van der Waals surface area contributed by atoms with Crippen molar-refractivity contribution in [2.75, 3.05) is 18.5 Å². The van der Waals surface area contributed by atoms with Gasteiger partial charge in [0.15, 0.2) is 5.69 Å². The summed E-state index contributed by atoms with van der Waals surface area (Å²) < 4.78 is 6.98. The molecule has 4 rings (SSSR count). The first kappa shape index (κ1) is 21.3. The van der Waals surface area contributed by atoms with Crippen molar-refractivity contribution >= 4 is 23.5 Å². The Morgan fingerprint density at radius 1 is 1.09 bits per heavy atom. The second-order valence-corrected chi connectivity index (χ2v) is 7.48. The van der Waals surface area contributed by atoms with Gasteiger partial charge in [-0.1, -0.05) is 24.3 Å². The van der Waals surface area contributed by atoms with Crippen LogP contribution in [0.5, 0.6) is 0 Å². The van der Waals surface area contributed by atoms with Gasteiger partial charge in [0.1, 0.15) is 0 Å². The normalized spacial score (nSPS) is 12.8. The SMILES string of the molecule is CCOC(=O)c1nn(-c2ccccc2)c2c1CN(C(=O)c1cccc(NC(C)=O)c1)CC2. The molecule has 0 saturated carbocycles. The molecule has 2 aromatic carbocycles. The third-order valence-electron chi connectivity index (χ3n) is 5.24. The average Bonchev–Trinajstić information content (AvgIpc) is 3.18. The van der Waals surface area contributed by atoms with Crippen LogP contribution in [0.1, 0.15) is 46.0 Å². The van der Waals surface area contributed by atoms with Gasteiger partial charge in [0.25, 0.3) is 5.91 Å². The number of fused-ring (bicyclic) bond motifs is 1. The second kappa shape index (κ2) is 9.05.